The highest BCUT2D eigenvalue weighted by Crippen LogP contribution is 2.22. The first-order chi connectivity index (χ1) is 11.5. The lowest BCUT2D eigenvalue weighted by molar-refractivity contribution is -0.144. The van der Waals surface area contributed by atoms with Gasteiger partial charge in [0.2, 0.25) is 5.91 Å². The van der Waals surface area contributed by atoms with Crippen molar-refractivity contribution in [2.75, 3.05) is 32.1 Å². The molecule has 24 heavy (non-hydrogen) atoms. The lowest BCUT2D eigenvalue weighted by atomic mass is 10.2. The minimum absolute atomic E-state index is 0.0190. The van der Waals surface area contributed by atoms with Crippen LogP contribution < -0.4 is 10.1 Å². The maximum absolute atomic E-state index is 12.4. The fourth-order valence-corrected chi connectivity index (χ4v) is 2.19. The summed E-state index contributed by atoms with van der Waals surface area (Å²) in [5.41, 5.74) is 0.584. The average Bonchev–Trinajstić information content (AvgIpc) is 2.59. The molecule has 0 aliphatic carbocycles. The van der Waals surface area contributed by atoms with Crippen molar-refractivity contribution in [1.82, 2.24) is 4.90 Å². The molecule has 0 fully saturated rings. The maximum Gasteiger partial charge on any atom is 0.251 e. The van der Waals surface area contributed by atoms with Crippen LogP contribution in [0.3, 0.4) is 0 Å². The highest BCUT2D eigenvalue weighted by molar-refractivity contribution is 5.96. The second-order valence-electron chi connectivity index (χ2n) is 5.47. The molecule has 0 radical (unpaired) electrons. The number of carbonyl (C=O) groups is 2. The molecule has 1 rings (SSSR count). The molecule has 1 aromatic rings. The van der Waals surface area contributed by atoms with Crippen molar-refractivity contribution in [2.45, 2.75) is 39.7 Å². The van der Waals surface area contributed by atoms with E-state index in [1.54, 1.807) is 26.2 Å². The molecule has 0 aliphatic heterocycles. The van der Waals surface area contributed by atoms with E-state index in [2.05, 4.69) is 12.2 Å². The molecule has 0 spiro atoms. The lowest BCUT2D eigenvalue weighted by Crippen LogP contribution is -2.43. The summed E-state index contributed by atoms with van der Waals surface area (Å²) in [4.78, 5) is 26.1. The Morgan fingerprint density at radius 2 is 1.96 bits per heavy atom. The summed E-state index contributed by atoms with van der Waals surface area (Å²) in [6.45, 7) is 6.60. The maximum atomic E-state index is 12.4. The van der Waals surface area contributed by atoms with Gasteiger partial charge in [-0.15, -0.1) is 0 Å². The summed E-state index contributed by atoms with van der Waals surface area (Å²) in [6.07, 6.45) is 1.38. The highest BCUT2D eigenvalue weighted by atomic mass is 16.5. The Bertz CT molecular complexity index is 534. The van der Waals surface area contributed by atoms with E-state index in [4.69, 9.17) is 9.47 Å². The van der Waals surface area contributed by atoms with Gasteiger partial charge < -0.3 is 19.7 Å². The number of methoxy groups -OCH3 is 1. The zero-order chi connectivity index (χ0) is 17.9. The molecule has 0 saturated heterocycles. The molecule has 0 aliphatic rings. The van der Waals surface area contributed by atoms with Crippen molar-refractivity contribution in [3.05, 3.63) is 24.3 Å². The second-order valence-corrected chi connectivity index (χ2v) is 5.47. The van der Waals surface area contributed by atoms with E-state index in [0.717, 1.165) is 12.8 Å². The van der Waals surface area contributed by atoms with Crippen LogP contribution in [0.5, 0.6) is 5.75 Å². The number of para-hydroxylation sites is 2. The molecule has 0 aromatic heterocycles. The average molecular weight is 336 g/mol. The van der Waals surface area contributed by atoms with Gasteiger partial charge in [-0.1, -0.05) is 25.5 Å². The minimum atomic E-state index is -0.546. The monoisotopic (exact) mass is 336 g/mol. The molecule has 2 amide bonds. The topological polar surface area (TPSA) is 67.9 Å². The van der Waals surface area contributed by atoms with E-state index in [-0.39, 0.29) is 18.4 Å². The molecule has 6 nitrogen and oxygen atoms in total. The quantitative estimate of drug-likeness (QED) is 0.667. The first kappa shape index (κ1) is 20.0. The van der Waals surface area contributed by atoms with E-state index in [1.165, 1.54) is 4.90 Å². The van der Waals surface area contributed by atoms with Gasteiger partial charge in [-0.25, -0.2) is 0 Å². The number of rotatable bonds is 10. The van der Waals surface area contributed by atoms with Crippen molar-refractivity contribution in [3.8, 4) is 5.75 Å². The molecular weight excluding hydrogens is 308 g/mol. The van der Waals surface area contributed by atoms with Crippen LogP contribution in [0, 0.1) is 0 Å². The van der Waals surface area contributed by atoms with Gasteiger partial charge in [0.1, 0.15) is 11.9 Å². The Morgan fingerprint density at radius 1 is 1.25 bits per heavy atom. The van der Waals surface area contributed by atoms with Crippen LogP contribution in [0.25, 0.3) is 0 Å². The van der Waals surface area contributed by atoms with Crippen LogP contribution in [-0.2, 0) is 14.3 Å². The number of nitrogens with one attached hydrogen (secondary N) is 1. The lowest BCUT2D eigenvalue weighted by Gasteiger charge is -2.24. The number of hydrogen-bond donors (Lipinski definition) is 1. The number of unbranched alkanes of at least 4 members (excludes halogenated alkanes) is 1. The van der Waals surface area contributed by atoms with Crippen LogP contribution in [0.1, 0.15) is 33.6 Å². The van der Waals surface area contributed by atoms with Gasteiger partial charge in [0, 0.05) is 13.2 Å². The largest absolute Gasteiger partial charge is 0.495 e. The summed E-state index contributed by atoms with van der Waals surface area (Å²) in [7, 11) is 1.54. The van der Waals surface area contributed by atoms with Gasteiger partial charge in [0.15, 0.2) is 0 Å². The van der Waals surface area contributed by atoms with E-state index in [0.29, 0.717) is 24.6 Å². The number of amides is 2. The highest BCUT2D eigenvalue weighted by Gasteiger charge is 2.22. The number of hydrogen-bond acceptors (Lipinski definition) is 4. The molecule has 0 heterocycles. The Morgan fingerprint density at radius 3 is 2.58 bits per heavy atom. The fourth-order valence-electron chi connectivity index (χ4n) is 2.19. The third-order valence-electron chi connectivity index (χ3n) is 3.62. The predicted molar refractivity (Wildman–Crippen MR) is 94.2 cm³/mol. The first-order valence-electron chi connectivity index (χ1n) is 8.36. The number of ether oxygens (including phenoxy) is 2. The summed E-state index contributed by atoms with van der Waals surface area (Å²) in [5, 5.41) is 2.77. The van der Waals surface area contributed by atoms with Crippen LogP contribution in [-0.4, -0.2) is 49.6 Å². The Kier molecular flexibility index (Phi) is 8.86. The smallest absolute Gasteiger partial charge is 0.251 e. The van der Waals surface area contributed by atoms with E-state index in [9.17, 15) is 9.59 Å². The number of anilines is 1. The second kappa shape index (κ2) is 10.6. The molecule has 1 aromatic carbocycles. The summed E-state index contributed by atoms with van der Waals surface area (Å²) >= 11 is 0. The summed E-state index contributed by atoms with van der Waals surface area (Å²) < 4.78 is 10.7. The van der Waals surface area contributed by atoms with E-state index < -0.39 is 6.10 Å². The minimum Gasteiger partial charge on any atom is -0.495 e. The fraction of sp³-hybridized carbons (Fsp3) is 0.556. The van der Waals surface area contributed by atoms with Crippen molar-refractivity contribution in [3.63, 3.8) is 0 Å². The van der Waals surface area contributed by atoms with Gasteiger partial charge in [0.25, 0.3) is 5.91 Å². The van der Waals surface area contributed by atoms with Gasteiger partial charge in [-0.05, 0) is 32.4 Å². The zero-order valence-electron chi connectivity index (χ0n) is 15.0. The molecule has 0 unspecified atom stereocenters. The van der Waals surface area contributed by atoms with Gasteiger partial charge >= 0.3 is 0 Å². The molecule has 1 N–H and O–H groups in total. The number of nitrogens with zero attached hydrogens (tertiary/aromatic N) is 1. The Balaban J connectivity index is 2.60. The van der Waals surface area contributed by atoms with Crippen molar-refractivity contribution in [2.24, 2.45) is 0 Å². The number of carbonyl (C=O) groups excluding carboxylic acids is 2. The van der Waals surface area contributed by atoms with Crippen LogP contribution in [0.2, 0.25) is 0 Å². The number of benzene rings is 1. The molecule has 1 atom stereocenters. The van der Waals surface area contributed by atoms with Crippen LogP contribution >= 0.6 is 0 Å². The van der Waals surface area contributed by atoms with Crippen LogP contribution in [0.15, 0.2) is 24.3 Å². The summed E-state index contributed by atoms with van der Waals surface area (Å²) in [6, 6.07) is 7.16. The Labute approximate surface area is 144 Å². The Hall–Kier alpha value is -2.08. The summed E-state index contributed by atoms with van der Waals surface area (Å²) in [5.74, 6) is 0.135. The number of likely N-dealkylation sites (N-methyl/N-ethyl adjacent to an activating group) is 1. The van der Waals surface area contributed by atoms with Gasteiger partial charge in [0.05, 0.1) is 19.3 Å². The van der Waals surface area contributed by atoms with Crippen molar-refractivity contribution < 1.29 is 19.1 Å². The standard InChI is InChI=1S/C18H28N2O4/c1-5-7-12-24-14(3)18(22)20(6-2)13-17(21)19-15-10-8-9-11-16(15)23-4/h8-11,14H,5-7,12-13H2,1-4H3,(H,19,21)/t14-/m1/s1. The molecule has 0 saturated carbocycles. The van der Waals surface area contributed by atoms with Gasteiger partial charge in [-0.2, -0.15) is 0 Å². The first-order valence-corrected chi connectivity index (χ1v) is 8.36. The van der Waals surface area contributed by atoms with Crippen molar-refractivity contribution in [1.29, 1.82) is 0 Å². The van der Waals surface area contributed by atoms with E-state index >= 15 is 0 Å². The zero-order valence-corrected chi connectivity index (χ0v) is 15.0. The molecule has 6 heteroatoms. The van der Waals surface area contributed by atoms with Gasteiger partial charge in [-0.3, -0.25) is 9.59 Å². The SMILES string of the molecule is CCCCO[C@H](C)C(=O)N(CC)CC(=O)Nc1ccccc1OC. The molecule has 134 valence electrons. The third-order valence-corrected chi connectivity index (χ3v) is 3.62. The van der Waals surface area contributed by atoms with E-state index in [1.807, 2.05) is 19.1 Å². The predicted octanol–water partition coefficient (Wildman–Crippen LogP) is 2.69. The van der Waals surface area contributed by atoms with Crippen molar-refractivity contribution >= 4 is 17.5 Å². The third kappa shape index (κ3) is 6.20. The van der Waals surface area contributed by atoms with Crippen LogP contribution in [0.4, 0.5) is 5.69 Å². The molecule has 0 bridgehead atoms. The molecular formula is C18H28N2O4. The normalized spacial score (nSPS) is 11.7.